The fraction of sp³-hybridized carbons (Fsp3) is 0.867. The number of piperazine rings is 1. The van der Waals surface area contributed by atoms with E-state index in [-0.39, 0.29) is 17.9 Å². The van der Waals surface area contributed by atoms with Crippen LogP contribution in [0.25, 0.3) is 0 Å². The molecule has 20 heavy (non-hydrogen) atoms. The van der Waals surface area contributed by atoms with Crippen molar-refractivity contribution in [2.75, 3.05) is 13.1 Å². The summed E-state index contributed by atoms with van der Waals surface area (Å²) in [6.45, 7) is 11.1. The van der Waals surface area contributed by atoms with Gasteiger partial charge < -0.3 is 10.2 Å². The number of amides is 2. The van der Waals surface area contributed by atoms with Gasteiger partial charge >= 0.3 is 0 Å². The number of carbonyl (C=O) groups is 2. The third kappa shape index (κ3) is 2.43. The van der Waals surface area contributed by atoms with Crippen molar-refractivity contribution in [3.8, 4) is 0 Å². The predicted octanol–water partition coefficient (Wildman–Crippen LogP) is 0.985. The van der Waals surface area contributed by atoms with Gasteiger partial charge in [-0.1, -0.05) is 0 Å². The third-order valence-corrected chi connectivity index (χ3v) is 4.94. The average Bonchev–Trinajstić information content (AvgIpc) is 2.71. The smallest absolute Gasteiger partial charge is 0.245 e. The molecule has 2 saturated heterocycles. The Morgan fingerprint density at radius 3 is 2.40 bits per heavy atom. The lowest BCUT2D eigenvalue weighted by Crippen LogP contribution is -2.66. The average molecular weight is 281 g/mol. The summed E-state index contributed by atoms with van der Waals surface area (Å²) in [7, 11) is 0. The summed E-state index contributed by atoms with van der Waals surface area (Å²) in [5, 5.41) is 2.84. The molecule has 114 valence electrons. The third-order valence-electron chi connectivity index (χ3n) is 4.94. The minimum atomic E-state index is -0.754. The van der Waals surface area contributed by atoms with E-state index in [1.165, 1.54) is 0 Å². The predicted molar refractivity (Wildman–Crippen MR) is 78.3 cm³/mol. The first-order valence-corrected chi connectivity index (χ1v) is 7.64. The summed E-state index contributed by atoms with van der Waals surface area (Å²) in [5.41, 5.74) is -0.754. The van der Waals surface area contributed by atoms with Crippen molar-refractivity contribution in [2.45, 2.75) is 71.1 Å². The maximum absolute atomic E-state index is 12.8. The Morgan fingerprint density at radius 2 is 1.85 bits per heavy atom. The maximum Gasteiger partial charge on any atom is 0.245 e. The van der Waals surface area contributed by atoms with Crippen LogP contribution in [0.5, 0.6) is 0 Å². The zero-order valence-electron chi connectivity index (χ0n) is 13.3. The van der Waals surface area contributed by atoms with Crippen LogP contribution >= 0.6 is 0 Å². The molecule has 3 unspecified atom stereocenters. The molecule has 2 amide bonds. The highest BCUT2D eigenvalue weighted by Gasteiger charge is 2.44. The number of rotatable bonds is 2. The number of nitrogens with zero attached hydrogens (tertiary/aromatic N) is 2. The molecule has 0 spiro atoms. The van der Waals surface area contributed by atoms with Crippen molar-refractivity contribution in [1.29, 1.82) is 0 Å². The molecule has 0 aromatic rings. The molecular formula is C15H27N3O2. The van der Waals surface area contributed by atoms with E-state index in [4.69, 9.17) is 0 Å². The lowest BCUT2D eigenvalue weighted by Gasteiger charge is -2.44. The summed E-state index contributed by atoms with van der Waals surface area (Å²) in [4.78, 5) is 28.9. The minimum absolute atomic E-state index is 0.0631. The molecule has 3 atom stereocenters. The van der Waals surface area contributed by atoms with E-state index >= 15 is 0 Å². The van der Waals surface area contributed by atoms with Crippen LogP contribution in [0.3, 0.4) is 0 Å². The first kappa shape index (κ1) is 15.3. The number of nitrogens with one attached hydrogen (secondary N) is 1. The largest absolute Gasteiger partial charge is 0.352 e. The van der Waals surface area contributed by atoms with E-state index in [0.29, 0.717) is 25.2 Å². The van der Waals surface area contributed by atoms with Crippen LogP contribution in [0.2, 0.25) is 0 Å². The molecule has 0 aromatic carbocycles. The zero-order chi connectivity index (χ0) is 15.1. The van der Waals surface area contributed by atoms with Gasteiger partial charge in [-0.05, 0) is 47.5 Å². The summed E-state index contributed by atoms with van der Waals surface area (Å²) >= 11 is 0. The molecule has 2 aliphatic heterocycles. The van der Waals surface area contributed by atoms with Gasteiger partial charge in [0.2, 0.25) is 11.8 Å². The molecular weight excluding hydrogens is 254 g/mol. The van der Waals surface area contributed by atoms with Crippen LogP contribution in [0.15, 0.2) is 0 Å². The SMILES string of the molecule is CC1CCC(C)N1C(C)C(=O)N1CCNC(=O)C1(C)C. The first-order valence-electron chi connectivity index (χ1n) is 7.64. The Labute approximate surface area is 121 Å². The van der Waals surface area contributed by atoms with Gasteiger partial charge in [-0.2, -0.15) is 0 Å². The molecule has 0 aliphatic carbocycles. The van der Waals surface area contributed by atoms with E-state index in [1.54, 1.807) is 4.90 Å². The van der Waals surface area contributed by atoms with E-state index in [0.717, 1.165) is 12.8 Å². The standard InChI is InChI=1S/C15H27N3O2/c1-10-6-7-11(2)18(10)12(3)13(19)17-9-8-16-14(20)15(17,4)5/h10-12H,6-9H2,1-5H3,(H,16,20). The molecule has 2 fully saturated rings. The van der Waals surface area contributed by atoms with Crippen molar-refractivity contribution >= 4 is 11.8 Å². The summed E-state index contributed by atoms with van der Waals surface area (Å²) in [5.74, 6) is 0.0114. The highest BCUT2D eigenvalue weighted by Crippen LogP contribution is 2.28. The lowest BCUT2D eigenvalue weighted by molar-refractivity contribution is -0.153. The van der Waals surface area contributed by atoms with Gasteiger partial charge in [-0.3, -0.25) is 14.5 Å². The number of likely N-dealkylation sites (tertiary alicyclic amines) is 1. The second-order valence-corrected chi connectivity index (χ2v) is 6.70. The molecule has 0 aromatic heterocycles. The second kappa shape index (κ2) is 5.35. The summed E-state index contributed by atoms with van der Waals surface area (Å²) < 4.78 is 0. The van der Waals surface area contributed by atoms with E-state index < -0.39 is 5.54 Å². The van der Waals surface area contributed by atoms with Gasteiger partial charge in [-0.15, -0.1) is 0 Å². The Morgan fingerprint density at radius 1 is 1.30 bits per heavy atom. The summed E-state index contributed by atoms with van der Waals surface area (Å²) in [6, 6.07) is 0.712. The monoisotopic (exact) mass is 281 g/mol. The van der Waals surface area contributed by atoms with Crippen LogP contribution in [0, 0.1) is 0 Å². The molecule has 0 saturated carbocycles. The quantitative estimate of drug-likeness (QED) is 0.821. The fourth-order valence-electron chi connectivity index (χ4n) is 3.62. The van der Waals surface area contributed by atoms with Crippen molar-refractivity contribution in [3.05, 3.63) is 0 Å². The molecule has 2 heterocycles. The number of hydrogen-bond donors (Lipinski definition) is 1. The van der Waals surface area contributed by atoms with Gasteiger partial charge in [0.1, 0.15) is 5.54 Å². The molecule has 0 radical (unpaired) electrons. The minimum Gasteiger partial charge on any atom is -0.352 e. The van der Waals surface area contributed by atoms with E-state index in [2.05, 4.69) is 24.1 Å². The maximum atomic E-state index is 12.8. The van der Waals surface area contributed by atoms with Crippen LogP contribution in [-0.4, -0.2) is 58.4 Å². The van der Waals surface area contributed by atoms with Crippen molar-refractivity contribution < 1.29 is 9.59 Å². The molecule has 2 rings (SSSR count). The zero-order valence-corrected chi connectivity index (χ0v) is 13.3. The molecule has 0 bridgehead atoms. The van der Waals surface area contributed by atoms with Gasteiger partial charge in [0.25, 0.3) is 0 Å². The Balaban J connectivity index is 2.16. The topological polar surface area (TPSA) is 52.7 Å². The van der Waals surface area contributed by atoms with E-state index in [1.807, 2.05) is 20.8 Å². The van der Waals surface area contributed by atoms with E-state index in [9.17, 15) is 9.59 Å². The van der Waals surface area contributed by atoms with Gasteiger partial charge in [0, 0.05) is 25.2 Å². The Bertz CT molecular complexity index is 398. The highest BCUT2D eigenvalue weighted by atomic mass is 16.2. The summed E-state index contributed by atoms with van der Waals surface area (Å²) in [6.07, 6.45) is 2.28. The van der Waals surface area contributed by atoms with Crippen LogP contribution in [-0.2, 0) is 9.59 Å². The lowest BCUT2D eigenvalue weighted by atomic mass is 9.97. The molecule has 5 heteroatoms. The van der Waals surface area contributed by atoms with Crippen LogP contribution < -0.4 is 5.32 Å². The fourth-order valence-corrected chi connectivity index (χ4v) is 3.62. The van der Waals surface area contributed by atoms with Crippen LogP contribution in [0.4, 0.5) is 0 Å². The molecule has 2 aliphatic rings. The Kier molecular flexibility index (Phi) is 4.09. The number of hydrogen-bond acceptors (Lipinski definition) is 3. The van der Waals surface area contributed by atoms with Crippen LogP contribution in [0.1, 0.15) is 47.5 Å². The van der Waals surface area contributed by atoms with Gasteiger partial charge in [-0.25, -0.2) is 0 Å². The first-order chi connectivity index (χ1) is 9.26. The normalized spacial score (nSPS) is 32.0. The second-order valence-electron chi connectivity index (χ2n) is 6.70. The molecule has 5 nitrogen and oxygen atoms in total. The van der Waals surface area contributed by atoms with Gasteiger partial charge in [0.05, 0.1) is 6.04 Å². The van der Waals surface area contributed by atoms with Crippen molar-refractivity contribution in [3.63, 3.8) is 0 Å². The van der Waals surface area contributed by atoms with Crippen molar-refractivity contribution in [1.82, 2.24) is 15.1 Å². The highest BCUT2D eigenvalue weighted by molar-refractivity contribution is 5.93. The molecule has 1 N–H and O–H groups in total. The Hall–Kier alpha value is -1.10. The van der Waals surface area contributed by atoms with Gasteiger partial charge in [0.15, 0.2) is 0 Å². The number of carbonyl (C=O) groups excluding carboxylic acids is 2. The van der Waals surface area contributed by atoms with Crippen molar-refractivity contribution in [2.24, 2.45) is 0 Å².